The Kier molecular flexibility index (Phi) is 8.93. The molecule has 228 valence electrons. The molecule has 0 saturated carbocycles. The lowest BCUT2D eigenvalue weighted by Gasteiger charge is -2.31. The van der Waals surface area contributed by atoms with E-state index < -0.39 is 11.9 Å². The summed E-state index contributed by atoms with van der Waals surface area (Å²) >= 11 is 1.44. The number of rotatable bonds is 11. The van der Waals surface area contributed by atoms with E-state index in [0.717, 1.165) is 16.8 Å². The molecule has 1 aromatic heterocycles. The Morgan fingerprint density at radius 3 is 2.38 bits per heavy atom. The van der Waals surface area contributed by atoms with Crippen LogP contribution in [0.3, 0.4) is 0 Å². The van der Waals surface area contributed by atoms with Crippen LogP contribution >= 0.6 is 11.3 Å². The Balaban J connectivity index is 1.40. The van der Waals surface area contributed by atoms with E-state index in [-0.39, 0.29) is 25.7 Å². The molecule has 0 spiro atoms. The standard InChI is InChI=1S/C35H31N3O6S/c1-41-28-15-13-25(18-30(28)42-2)34(35(40)36-26-14-16-29-31(19-26)44-22-43-29)38(33(39)17-23-9-5-3-6-10-23)20-32-37-27(21-45-32)24-11-7-4-8-12-24/h3-16,18-19,21,34H,17,20,22H2,1-2H3,(H,36,40). The van der Waals surface area contributed by atoms with E-state index in [1.165, 1.54) is 18.4 Å². The van der Waals surface area contributed by atoms with E-state index in [9.17, 15) is 9.59 Å². The van der Waals surface area contributed by atoms with Crippen LogP contribution in [0.5, 0.6) is 23.0 Å². The minimum atomic E-state index is -1.05. The molecule has 1 aliphatic rings. The van der Waals surface area contributed by atoms with Gasteiger partial charge in [-0.1, -0.05) is 66.7 Å². The molecule has 5 aromatic rings. The molecule has 2 amide bonds. The van der Waals surface area contributed by atoms with E-state index in [0.29, 0.717) is 39.3 Å². The molecule has 9 nitrogen and oxygen atoms in total. The zero-order valence-corrected chi connectivity index (χ0v) is 25.6. The largest absolute Gasteiger partial charge is 0.493 e. The van der Waals surface area contributed by atoms with Crippen LogP contribution < -0.4 is 24.3 Å². The Hall–Kier alpha value is -5.35. The fourth-order valence-electron chi connectivity index (χ4n) is 5.15. The number of methoxy groups -OCH3 is 2. The molecule has 6 rings (SSSR count). The first kappa shape index (κ1) is 29.7. The summed E-state index contributed by atoms with van der Waals surface area (Å²) in [5.41, 5.74) is 3.66. The van der Waals surface area contributed by atoms with E-state index in [1.54, 1.807) is 48.4 Å². The fourth-order valence-corrected chi connectivity index (χ4v) is 5.95. The Morgan fingerprint density at radius 2 is 1.62 bits per heavy atom. The van der Waals surface area contributed by atoms with Crippen molar-refractivity contribution in [3.63, 3.8) is 0 Å². The predicted octanol–water partition coefficient (Wildman–Crippen LogP) is 6.51. The maximum Gasteiger partial charge on any atom is 0.251 e. The molecular formula is C35H31N3O6S. The fraction of sp³-hybridized carbons (Fsp3) is 0.171. The van der Waals surface area contributed by atoms with Gasteiger partial charge in [0.1, 0.15) is 11.0 Å². The van der Waals surface area contributed by atoms with Crippen molar-refractivity contribution in [1.82, 2.24) is 9.88 Å². The van der Waals surface area contributed by atoms with Gasteiger partial charge in [-0.15, -0.1) is 11.3 Å². The van der Waals surface area contributed by atoms with Crippen LogP contribution in [0, 0.1) is 0 Å². The zero-order valence-electron chi connectivity index (χ0n) is 24.8. The lowest BCUT2D eigenvalue weighted by Crippen LogP contribution is -2.41. The smallest absolute Gasteiger partial charge is 0.251 e. The summed E-state index contributed by atoms with van der Waals surface area (Å²) in [7, 11) is 3.08. The highest BCUT2D eigenvalue weighted by Gasteiger charge is 2.33. The van der Waals surface area contributed by atoms with Gasteiger partial charge in [-0.3, -0.25) is 9.59 Å². The van der Waals surface area contributed by atoms with Crippen molar-refractivity contribution >= 4 is 28.8 Å². The molecule has 1 atom stereocenters. The van der Waals surface area contributed by atoms with Crippen molar-refractivity contribution < 1.29 is 28.5 Å². The minimum absolute atomic E-state index is 0.0961. The minimum Gasteiger partial charge on any atom is -0.493 e. The summed E-state index contributed by atoms with van der Waals surface area (Å²) in [5, 5.41) is 5.65. The van der Waals surface area contributed by atoms with E-state index >= 15 is 0 Å². The first-order valence-corrected chi connectivity index (χ1v) is 15.2. The van der Waals surface area contributed by atoms with Gasteiger partial charge in [-0.05, 0) is 35.4 Å². The van der Waals surface area contributed by atoms with Crippen LogP contribution in [-0.2, 0) is 22.6 Å². The number of anilines is 1. The Labute approximate surface area is 265 Å². The van der Waals surface area contributed by atoms with Crippen LogP contribution in [0.25, 0.3) is 11.3 Å². The van der Waals surface area contributed by atoms with E-state index in [1.807, 2.05) is 66.0 Å². The van der Waals surface area contributed by atoms with Gasteiger partial charge in [0.15, 0.2) is 23.0 Å². The first-order valence-electron chi connectivity index (χ1n) is 14.3. The molecule has 0 aliphatic carbocycles. The topological polar surface area (TPSA) is 99.2 Å². The Morgan fingerprint density at radius 1 is 0.889 bits per heavy atom. The third kappa shape index (κ3) is 6.76. The van der Waals surface area contributed by atoms with Gasteiger partial charge in [-0.25, -0.2) is 4.98 Å². The summed E-state index contributed by atoms with van der Waals surface area (Å²) < 4.78 is 22.0. The van der Waals surface area contributed by atoms with Crippen molar-refractivity contribution in [1.29, 1.82) is 0 Å². The van der Waals surface area contributed by atoms with Gasteiger partial charge >= 0.3 is 0 Å². The predicted molar refractivity (Wildman–Crippen MR) is 172 cm³/mol. The van der Waals surface area contributed by atoms with Gasteiger partial charge in [-0.2, -0.15) is 0 Å². The highest BCUT2D eigenvalue weighted by molar-refractivity contribution is 7.09. The van der Waals surface area contributed by atoms with Crippen LogP contribution in [0.15, 0.2) is 102 Å². The molecule has 2 heterocycles. The van der Waals surface area contributed by atoms with E-state index in [2.05, 4.69) is 5.32 Å². The van der Waals surface area contributed by atoms with Crippen molar-refractivity contribution in [2.45, 2.75) is 19.0 Å². The van der Waals surface area contributed by atoms with E-state index in [4.69, 9.17) is 23.9 Å². The van der Waals surface area contributed by atoms with Gasteiger partial charge in [0.2, 0.25) is 12.7 Å². The number of carbonyl (C=O) groups is 2. The number of benzene rings is 4. The number of thiazole rings is 1. The van der Waals surface area contributed by atoms with Crippen LogP contribution in [0.4, 0.5) is 5.69 Å². The molecule has 45 heavy (non-hydrogen) atoms. The second-order valence-electron chi connectivity index (χ2n) is 10.3. The van der Waals surface area contributed by atoms with Gasteiger partial charge in [0.05, 0.1) is 32.9 Å². The average Bonchev–Trinajstić information content (AvgIpc) is 3.75. The maximum absolute atomic E-state index is 14.3. The molecule has 1 unspecified atom stereocenters. The molecule has 1 aliphatic heterocycles. The molecule has 4 aromatic carbocycles. The second kappa shape index (κ2) is 13.5. The number of nitrogens with zero attached hydrogens (tertiary/aromatic N) is 2. The number of hydrogen-bond donors (Lipinski definition) is 1. The molecule has 0 fully saturated rings. The third-order valence-electron chi connectivity index (χ3n) is 7.37. The molecule has 0 radical (unpaired) electrons. The van der Waals surface area contributed by atoms with Crippen LogP contribution in [0.1, 0.15) is 22.2 Å². The number of amides is 2. The summed E-state index contributed by atoms with van der Waals surface area (Å²) in [6.07, 6.45) is 0.0961. The summed E-state index contributed by atoms with van der Waals surface area (Å²) in [6, 6.07) is 28.7. The molecular weight excluding hydrogens is 590 g/mol. The molecule has 0 bridgehead atoms. The SMILES string of the molecule is COc1ccc(C(C(=O)Nc2ccc3c(c2)OCO3)N(Cc2nc(-c3ccccc3)cs2)C(=O)Cc2ccccc2)cc1OC. The lowest BCUT2D eigenvalue weighted by atomic mass is 10.0. The van der Waals surface area contributed by atoms with Gasteiger partial charge in [0.25, 0.3) is 5.91 Å². The zero-order chi connectivity index (χ0) is 31.2. The third-order valence-corrected chi connectivity index (χ3v) is 8.20. The summed E-state index contributed by atoms with van der Waals surface area (Å²) in [5.74, 6) is 1.42. The monoisotopic (exact) mass is 621 g/mol. The first-order chi connectivity index (χ1) is 22.0. The van der Waals surface area contributed by atoms with Crippen molar-refractivity contribution in [3.8, 4) is 34.3 Å². The van der Waals surface area contributed by atoms with Crippen molar-refractivity contribution in [2.24, 2.45) is 0 Å². The highest BCUT2D eigenvalue weighted by Crippen LogP contribution is 2.37. The normalized spacial score (nSPS) is 12.3. The van der Waals surface area contributed by atoms with Crippen molar-refractivity contribution in [2.75, 3.05) is 26.3 Å². The second-order valence-corrected chi connectivity index (χ2v) is 11.2. The summed E-state index contributed by atoms with van der Waals surface area (Å²) in [6.45, 7) is 0.221. The number of ether oxygens (including phenoxy) is 4. The molecule has 0 saturated heterocycles. The highest BCUT2D eigenvalue weighted by atomic mass is 32.1. The average molecular weight is 622 g/mol. The molecule has 10 heteroatoms. The number of aromatic nitrogens is 1. The number of fused-ring (bicyclic) bond motifs is 1. The van der Waals surface area contributed by atoms with Crippen LogP contribution in [-0.4, -0.2) is 42.7 Å². The Bertz CT molecular complexity index is 1790. The number of nitrogens with one attached hydrogen (secondary N) is 1. The lowest BCUT2D eigenvalue weighted by molar-refractivity contribution is -0.139. The number of carbonyl (C=O) groups excluding carboxylic acids is 2. The van der Waals surface area contributed by atoms with Crippen LogP contribution in [0.2, 0.25) is 0 Å². The number of hydrogen-bond acceptors (Lipinski definition) is 8. The van der Waals surface area contributed by atoms with Gasteiger partial charge < -0.3 is 29.2 Å². The maximum atomic E-state index is 14.3. The molecule has 1 N–H and O–H groups in total. The summed E-state index contributed by atoms with van der Waals surface area (Å²) in [4.78, 5) is 35.0. The van der Waals surface area contributed by atoms with Crippen molar-refractivity contribution in [3.05, 3.63) is 119 Å². The van der Waals surface area contributed by atoms with Gasteiger partial charge in [0, 0.05) is 22.7 Å². The quantitative estimate of drug-likeness (QED) is 0.180.